The summed E-state index contributed by atoms with van der Waals surface area (Å²) in [7, 11) is 0. The quantitative estimate of drug-likeness (QED) is 0.662. The number of hydrogen-bond donors (Lipinski definition) is 0. The molecule has 8 heteroatoms. The molecule has 0 aromatic carbocycles. The predicted octanol–water partition coefficient (Wildman–Crippen LogP) is 3.08. The lowest BCUT2D eigenvalue weighted by atomic mass is 9.79. The van der Waals surface area contributed by atoms with E-state index in [0.29, 0.717) is 12.5 Å². The first-order valence-electron chi connectivity index (χ1n) is 10.7. The molecule has 1 saturated heterocycles. The van der Waals surface area contributed by atoms with Crippen LogP contribution in [0.4, 0.5) is 0 Å². The van der Waals surface area contributed by atoms with Crippen molar-refractivity contribution in [2.24, 2.45) is 11.8 Å². The first kappa shape index (κ1) is 19.1. The Morgan fingerprint density at radius 1 is 1.17 bits per heavy atom. The van der Waals surface area contributed by atoms with Gasteiger partial charge in [-0.2, -0.15) is 5.10 Å². The summed E-state index contributed by atoms with van der Waals surface area (Å²) in [6, 6.07) is 2.09. The lowest BCUT2D eigenvalue weighted by Crippen LogP contribution is -2.37. The molecule has 2 fully saturated rings. The van der Waals surface area contributed by atoms with Gasteiger partial charge in [0.2, 0.25) is 5.91 Å². The van der Waals surface area contributed by atoms with Gasteiger partial charge in [0.05, 0.1) is 18.5 Å². The Morgan fingerprint density at radius 3 is 2.83 bits per heavy atom. The predicted molar refractivity (Wildman–Crippen MR) is 109 cm³/mol. The second kappa shape index (κ2) is 8.10. The van der Waals surface area contributed by atoms with Gasteiger partial charge in [-0.15, -0.1) is 0 Å². The molecule has 156 valence electrons. The Labute approximate surface area is 175 Å². The van der Waals surface area contributed by atoms with E-state index >= 15 is 0 Å². The van der Waals surface area contributed by atoms with Crippen LogP contribution in [0.3, 0.4) is 0 Å². The second-order valence-corrected chi connectivity index (χ2v) is 8.41. The van der Waals surface area contributed by atoms with Crippen LogP contribution in [0.1, 0.15) is 55.0 Å². The maximum Gasteiger partial charge on any atom is 0.249 e. The zero-order valence-corrected chi connectivity index (χ0v) is 17.1. The fourth-order valence-corrected chi connectivity index (χ4v) is 4.84. The molecule has 2 aliphatic rings. The lowest BCUT2D eigenvalue weighted by Gasteiger charge is -2.31. The van der Waals surface area contributed by atoms with Gasteiger partial charge < -0.3 is 0 Å². The van der Waals surface area contributed by atoms with Crippen molar-refractivity contribution >= 4 is 11.6 Å². The van der Waals surface area contributed by atoms with Crippen LogP contribution in [-0.4, -0.2) is 42.1 Å². The van der Waals surface area contributed by atoms with Gasteiger partial charge in [0.15, 0.2) is 5.65 Å². The van der Waals surface area contributed by atoms with E-state index in [2.05, 4.69) is 39.2 Å². The molecule has 0 bridgehead atoms. The number of carbonyl (C=O) groups excluding carboxylic acids is 1. The van der Waals surface area contributed by atoms with Crippen molar-refractivity contribution in [2.45, 2.75) is 51.5 Å². The van der Waals surface area contributed by atoms with Crippen LogP contribution in [0.5, 0.6) is 0 Å². The highest BCUT2D eigenvalue weighted by Gasteiger charge is 2.37. The van der Waals surface area contributed by atoms with E-state index in [4.69, 9.17) is 4.84 Å². The molecule has 1 aliphatic heterocycles. The van der Waals surface area contributed by atoms with Crippen LogP contribution >= 0.6 is 0 Å². The maximum atomic E-state index is 13.1. The molecule has 1 atom stereocenters. The molecule has 0 spiro atoms. The normalized spacial score (nSPS) is 24.4. The topological polar surface area (TPSA) is 85.5 Å². The zero-order chi connectivity index (χ0) is 20.5. The molecule has 30 heavy (non-hydrogen) atoms. The molecule has 4 heterocycles. The van der Waals surface area contributed by atoms with Gasteiger partial charge in [-0.25, -0.2) is 14.6 Å². The number of pyridine rings is 1. The molecule has 0 N–H and O–H groups in total. The zero-order valence-electron chi connectivity index (χ0n) is 17.1. The minimum atomic E-state index is -0.124. The monoisotopic (exact) mass is 406 g/mol. The fraction of sp³-hybridized carbons (Fsp3) is 0.500. The number of carbonyl (C=O) groups is 1. The van der Waals surface area contributed by atoms with Crippen molar-refractivity contribution in [3.63, 3.8) is 0 Å². The third-order valence-electron chi connectivity index (χ3n) is 6.38. The van der Waals surface area contributed by atoms with Crippen molar-refractivity contribution in [1.29, 1.82) is 0 Å². The average molecular weight is 406 g/mol. The molecular formula is C22H26N6O2. The summed E-state index contributed by atoms with van der Waals surface area (Å²) in [5.74, 6) is 0.712. The van der Waals surface area contributed by atoms with Crippen LogP contribution in [0.25, 0.3) is 5.65 Å². The molecule has 5 rings (SSSR count). The van der Waals surface area contributed by atoms with Crippen LogP contribution in [0.15, 0.2) is 37.2 Å². The molecule has 1 aliphatic carbocycles. The summed E-state index contributed by atoms with van der Waals surface area (Å²) in [6.45, 7) is 2.62. The van der Waals surface area contributed by atoms with Gasteiger partial charge in [-0.1, -0.05) is 6.07 Å². The minimum Gasteiger partial charge on any atom is -0.272 e. The summed E-state index contributed by atoms with van der Waals surface area (Å²) < 4.78 is 1.86. The number of aryl methyl sites for hydroxylation is 1. The number of hydroxylamine groups is 2. The van der Waals surface area contributed by atoms with E-state index in [1.807, 2.05) is 4.52 Å². The summed E-state index contributed by atoms with van der Waals surface area (Å²) >= 11 is 0. The van der Waals surface area contributed by atoms with Crippen LogP contribution < -0.4 is 0 Å². The van der Waals surface area contributed by atoms with E-state index in [9.17, 15) is 4.79 Å². The second-order valence-electron chi connectivity index (χ2n) is 8.41. The third kappa shape index (κ3) is 3.67. The Bertz CT molecular complexity index is 1030. The SMILES string of the molecule is Cc1cc(C[C@H]2CC[C@H](C(=O)N3OCC[C@H]3c3cnccn3)CC2)cn2ncnc12. The van der Waals surface area contributed by atoms with E-state index in [-0.39, 0.29) is 17.9 Å². The highest BCUT2D eigenvalue weighted by atomic mass is 16.7. The van der Waals surface area contributed by atoms with E-state index in [1.165, 1.54) is 5.56 Å². The number of rotatable bonds is 4. The van der Waals surface area contributed by atoms with Gasteiger partial charge in [0.25, 0.3) is 0 Å². The maximum absolute atomic E-state index is 13.1. The van der Waals surface area contributed by atoms with Gasteiger partial charge in [-0.3, -0.25) is 19.6 Å². The number of nitrogens with zero attached hydrogens (tertiary/aromatic N) is 6. The van der Waals surface area contributed by atoms with E-state index < -0.39 is 0 Å². The largest absolute Gasteiger partial charge is 0.272 e. The van der Waals surface area contributed by atoms with Crippen molar-refractivity contribution < 1.29 is 9.63 Å². The standard InChI is InChI=1S/C22H26N6O2/c1-15-10-17(13-27-21(15)25-14-26-27)11-16-2-4-18(5-3-16)22(29)28-20(6-9-30-28)19-12-23-7-8-24-19/h7-8,10,12-14,16,18,20H,2-6,9,11H2,1H3/t16-,18-,20-/m0/s1. The first-order chi connectivity index (χ1) is 14.7. The Hall–Kier alpha value is -2.87. The summed E-state index contributed by atoms with van der Waals surface area (Å²) in [4.78, 5) is 31.7. The van der Waals surface area contributed by atoms with Gasteiger partial charge in [-0.05, 0) is 56.1 Å². The third-order valence-corrected chi connectivity index (χ3v) is 6.38. The Morgan fingerprint density at radius 2 is 2.03 bits per heavy atom. The molecule has 3 aromatic rings. The van der Waals surface area contributed by atoms with Crippen molar-refractivity contribution in [3.05, 3.63) is 54.0 Å². The Balaban J connectivity index is 1.20. The smallest absolute Gasteiger partial charge is 0.249 e. The van der Waals surface area contributed by atoms with Crippen molar-refractivity contribution in [3.8, 4) is 0 Å². The fourth-order valence-electron chi connectivity index (χ4n) is 4.84. The molecule has 3 aromatic heterocycles. The molecular weight excluding hydrogens is 380 g/mol. The van der Waals surface area contributed by atoms with Crippen molar-refractivity contribution in [1.82, 2.24) is 29.6 Å². The average Bonchev–Trinajstić information content (AvgIpc) is 3.44. The molecule has 0 radical (unpaired) electrons. The summed E-state index contributed by atoms with van der Waals surface area (Å²) in [5, 5.41) is 5.84. The van der Waals surface area contributed by atoms with Crippen molar-refractivity contribution in [2.75, 3.05) is 6.61 Å². The molecule has 8 nitrogen and oxygen atoms in total. The van der Waals surface area contributed by atoms with Crippen LogP contribution in [-0.2, 0) is 16.1 Å². The summed E-state index contributed by atoms with van der Waals surface area (Å²) in [6.07, 6.45) is 14.4. The number of amides is 1. The highest BCUT2D eigenvalue weighted by molar-refractivity contribution is 5.78. The Kier molecular flexibility index (Phi) is 5.16. The lowest BCUT2D eigenvalue weighted by molar-refractivity contribution is -0.183. The number of aromatic nitrogens is 5. The van der Waals surface area contributed by atoms with Gasteiger partial charge in [0, 0.05) is 30.9 Å². The number of hydrogen-bond acceptors (Lipinski definition) is 6. The van der Waals surface area contributed by atoms with Gasteiger partial charge >= 0.3 is 0 Å². The minimum absolute atomic E-state index is 0.0260. The number of fused-ring (bicyclic) bond motifs is 1. The van der Waals surface area contributed by atoms with E-state index in [0.717, 1.165) is 55.4 Å². The van der Waals surface area contributed by atoms with Crippen LogP contribution in [0, 0.1) is 18.8 Å². The summed E-state index contributed by atoms with van der Waals surface area (Å²) in [5.41, 5.74) is 4.15. The molecule has 1 amide bonds. The van der Waals surface area contributed by atoms with Crippen LogP contribution in [0.2, 0.25) is 0 Å². The van der Waals surface area contributed by atoms with Gasteiger partial charge in [0.1, 0.15) is 12.4 Å². The molecule has 1 saturated carbocycles. The van der Waals surface area contributed by atoms with E-state index in [1.54, 1.807) is 30.0 Å². The highest BCUT2D eigenvalue weighted by Crippen LogP contribution is 2.36. The molecule has 0 unspecified atom stereocenters. The first-order valence-corrected chi connectivity index (χ1v) is 10.7.